The molecule has 0 radical (unpaired) electrons. The van der Waals surface area contributed by atoms with Crippen LogP contribution in [0.25, 0.3) is 0 Å². The molecule has 3 heterocycles. The third kappa shape index (κ3) is 4.62. The predicted molar refractivity (Wildman–Crippen MR) is 96.7 cm³/mol. The van der Waals surface area contributed by atoms with Gasteiger partial charge in [-0.3, -0.25) is 14.3 Å². The first-order valence-electron chi connectivity index (χ1n) is 9.24. The van der Waals surface area contributed by atoms with Crippen LogP contribution < -0.4 is 0 Å². The van der Waals surface area contributed by atoms with Crippen LogP contribution in [0.15, 0.2) is 12.4 Å². The molecule has 8 heteroatoms. The highest BCUT2D eigenvalue weighted by atomic mass is 16.5. The van der Waals surface area contributed by atoms with E-state index in [1.165, 1.54) is 0 Å². The maximum absolute atomic E-state index is 12.4. The predicted octanol–water partition coefficient (Wildman–Crippen LogP) is 0.0613. The minimum Gasteiger partial charge on any atom is -0.365 e. The molecule has 144 valence electrons. The molecule has 0 aliphatic carbocycles. The van der Waals surface area contributed by atoms with Crippen molar-refractivity contribution in [3.8, 4) is 0 Å². The van der Waals surface area contributed by atoms with Crippen LogP contribution in [0.3, 0.4) is 0 Å². The Labute approximate surface area is 154 Å². The summed E-state index contributed by atoms with van der Waals surface area (Å²) in [7, 11) is 5.51. The Kier molecular flexibility index (Phi) is 5.93. The number of morpholine rings is 1. The van der Waals surface area contributed by atoms with Crippen molar-refractivity contribution in [2.75, 3.05) is 53.4 Å². The van der Waals surface area contributed by atoms with E-state index in [4.69, 9.17) is 4.74 Å². The fraction of sp³-hybridized carbons (Fsp3) is 0.722. The summed E-state index contributed by atoms with van der Waals surface area (Å²) in [6, 6.07) is 0. The average molecular weight is 363 g/mol. The van der Waals surface area contributed by atoms with Gasteiger partial charge in [0.25, 0.3) is 5.91 Å². The Balaban J connectivity index is 1.41. The number of piperidine rings is 1. The van der Waals surface area contributed by atoms with Crippen molar-refractivity contribution in [1.29, 1.82) is 0 Å². The molecule has 2 amide bonds. The van der Waals surface area contributed by atoms with Crippen LogP contribution in [0.5, 0.6) is 0 Å². The fourth-order valence-electron chi connectivity index (χ4n) is 3.73. The van der Waals surface area contributed by atoms with Crippen molar-refractivity contribution in [2.24, 2.45) is 13.0 Å². The minimum absolute atomic E-state index is 0.0313. The first-order valence-corrected chi connectivity index (χ1v) is 9.24. The molecule has 0 bridgehead atoms. The molecule has 1 atom stereocenters. The molecule has 2 saturated heterocycles. The van der Waals surface area contributed by atoms with Crippen molar-refractivity contribution in [1.82, 2.24) is 24.5 Å². The second-order valence-corrected chi connectivity index (χ2v) is 7.54. The molecular formula is C18H29N5O3. The molecule has 26 heavy (non-hydrogen) atoms. The van der Waals surface area contributed by atoms with Gasteiger partial charge in [0.2, 0.25) is 5.91 Å². The lowest BCUT2D eigenvalue weighted by atomic mass is 9.96. The number of carbonyl (C=O) groups is 2. The van der Waals surface area contributed by atoms with E-state index in [0.717, 1.165) is 39.0 Å². The van der Waals surface area contributed by atoms with E-state index < -0.39 is 0 Å². The third-order valence-corrected chi connectivity index (χ3v) is 5.35. The number of rotatable bonds is 5. The summed E-state index contributed by atoms with van der Waals surface area (Å²) in [4.78, 5) is 29.9. The summed E-state index contributed by atoms with van der Waals surface area (Å²) >= 11 is 0. The molecule has 0 spiro atoms. The van der Waals surface area contributed by atoms with Gasteiger partial charge in [-0.2, -0.15) is 5.10 Å². The Morgan fingerprint density at radius 3 is 2.69 bits per heavy atom. The maximum atomic E-state index is 12.4. The molecule has 0 saturated carbocycles. The van der Waals surface area contributed by atoms with Crippen LogP contribution in [-0.2, 0) is 16.6 Å². The molecule has 0 N–H and O–H groups in total. The number of nitrogens with zero attached hydrogens (tertiary/aromatic N) is 5. The number of carbonyl (C=O) groups excluding carboxylic acids is 2. The van der Waals surface area contributed by atoms with E-state index in [1.807, 2.05) is 26.0 Å². The van der Waals surface area contributed by atoms with E-state index in [9.17, 15) is 9.59 Å². The molecule has 2 aliphatic heterocycles. The van der Waals surface area contributed by atoms with E-state index in [0.29, 0.717) is 18.0 Å². The van der Waals surface area contributed by atoms with Crippen LogP contribution in [0.2, 0.25) is 0 Å². The van der Waals surface area contributed by atoms with Gasteiger partial charge in [0, 0.05) is 47.0 Å². The van der Waals surface area contributed by atoms with Gasteiger partial charge in [-0.25, -0.2) is 0 Å². The fourth-order valence-corrected chi connectivity index (χ4v) is 3.73. The summed E-state index contributed by atoms with van der Waals surface area (Å²) in [5.41, 5.74) is 0.639. The lowest BCUT2D eigenvalue weighted by molar-refractivity contribution is -0.148. The Morgan fingerprint density at radius 2 is 2.08 bits per heavy atom. The molecule has 0 aromatic carbocycles. The lowest BCUT2D eigenvalue weighted by Gasteiger charge is -2.37. The number of amides is 2. The van der Waals surface area contributed by atoms with Crippen LogP contribution in [-0.4, -0.2) is 95.8 Å². The SMILES string of the molecule is CN1CC(CN2CCC(CN(C)C(=O)c3cnn(C)c3)CC2)OCC1=O. The van der Waals surface area contributed by atoms with E-state index in [1.54, 1.807) is 22.0 Å². The van der Waals surface area contributed by atoms with Gasteiger partial charge in [-0.1, -0.05) is 0 Å². The first-order chi connectivity index (χ1) is 12.4. The highest BCUT2D eigenvalue weighted by Gasteiger charge is 2.28. The van der Waals surface area contributed by atoms with Gasteiger partial charge in [0.05, 0.1) is 17.9 Å². The van der Waals surface area contributed by atoms with E-state index in [2.05, 4.69) is 10.00 Å². The summed E-state index contributed by atoms with van der Waals surface area (Å²) in [5.74, 6) is 0.610. The number of hydrogen-bond acceptors (Lipinski definition) is 5. The average Bonchev–Trinajstić information content (AvgIpc) is 3.05. The summed E-state index contributed by atoms with van der Waals surface area (Å²) in [5, 5.41) is 4.07. The van der Waals surface area contributed by atoms with Crippen LogP contribution in [0.1, 0.15) is 23.2 Å². The highest BCUT2D eigenvalue weighted by Crippen LogP contribution is 2.20. The van der Waals surface area contributed by atoms with Gasteiger partial charge in [0.1, 0.15) is 6.61 Å². The van der Waals surface area contributed by atoms with Crippen LogP contribution in [0, 0.1) is 5.92 Å². The largest absolute Gasteiger partial charge is 0.365 e. The summed E-state index contributed by atoms with van der Waals surface area (Å²) in [6.45, 7) is 4.53. The summed E-state index contributed by atoms with van der Waals surface area (Å²) in [6.07, 6.45) is 5.63. The van der Waals surface area contributed by atoms with E-state index in [-0.39, 0.29) is 24.5 Å². The minimum atomic E-state index is 0.0313. The standard InChI is InChI=1S/C18H29N5O3/c1-20-11-16(26-13-17(20)24)12-23-6-4-14(5-7-23)9-21(2)18(25)15-8-19-22(3)10-15/h8,10,14,16H,4-7,9,11-13H2,1-3H3. The molecular weight excluding hydrogens is 334 g/mol. The second-order valence-electron chi connectivity index (χ2n) is 7.54. The number of likely N-dealkylation sites (N-methyl/N-ethyl adjacent to an activating group) is 1. The number of aryl methyl sites for hydroxylation is 1. The number of ether oxygens (including phenoxy) is 1. The zero-order chi connectivity index (χ0) is 18.7. The van der Waals surface area contributed by atoms with Crippen LogP contribution in [0.4, 0.5) is 0 Å². The van der Waals surface area contributed by atoms with Crippen LogP contribution >= 0.6 is 0 Å². The lowest BCUT2D eigenvalue weighted by Crippen LogP contribution is -2.50. The van der Waals surface area contributed by atoms with Gasteiger partial charge < -0.3 is 19.4 Å². The van der Waals surface area contributed by atoms with Crippen molar-refractivity contribution in [2.45, 2.75) is 18.9 Å². The van der Waals surface area contributed by atoms with E-state index >= 15 is 0 Å². The topological polar surface area (TPSA) is 70.9 Å². The zero-order valence-electron chi connectivity index (χ0n) is 15.9. The summed E-state index contributed by atoms with van der Waals surface area (Å²) < 4.78 is 7.29. The monoisotopic (exact) mass is 363 g/mol. The smallest absolute Gasteiger partial charge is 0.256 e. The number of hydrogen-bond donors (Lipinski definition) is 0. The molecule has 2 fully saturated rings. The first kappa shape index (κ1) is 18.8. The van der Waals surface area contributed by atoms with Crippen molar-refractivity contribution in [3.05, 3.63) is 18.0 Å². The van der Waals surface area contributed by atoms with Gasteiger partial charge in [-0.05, 0) is 31.8 Å². The third-order valence-electron chi connectivity index (χ3n) is 5.35. The highest BCUT2D eigenvalue weighted by molar-refractivity contribution is 5.93. The zero-order valence-corrected chi connectivity index (χ0v) is 15.9. The molecule has 1 unspecified atom stereocenters. The Bertz CT molecular complexity index is 639. The Hall–Kier alpha value is -1.93. The molecule has 1 aromatic heterocycles. The maximum Gasteiger partial charge on any atom is 0.256 e. The van der Waals surface area contributed by atoms with Gasteiger partial charge >= 0.3 is 0 Å². The van der Waals surface area contributed by atoms with Gasteiger partial charge in [-0.15, -0.1) is 0 Å². The molecule has 8 nitrogen and oxygen atoms in total. The van der Waals surface area contributed by atoms with Crippen molar-refractivity contribution >= 4 is 11.8 Å². The normalized spacial score (nSPS) is 22.7. The van der Waals surface area contributed by atoms with Crippen molar-refractivity contribution in [3.63, 3.8) is 0 Å². The quantitative estimate of drug-likeness (QED) is 0.740. The molecule has 3 rings (SSSR count). The Morgan fingerprint density at radius 1 is 1.35 bits per heavy atom. The van der Waals surface area contributed by atoms with Crippen molar-refractivity contribution < 1.29 is 14.3 Å². The second kappa shape index (κ2) is 8.18. The van der Waals surface area contributed by atoms with Gasteiger partial charge in [0.15, 0.2) is 0 Å². The number of aromatic nitrogens is 2. The molecule has 2 aliphatic rings. The number of likely N-dealkylation sites (tertiary alicyclic amines) is 1. The molecule has 1 aromatic rings.